The van der Waals surface area contributed by atoms with Crippen LogP contribution in [0.5, 0.6) is 5.75 Å². The maximum absolute atomic E-state index is 10.8. The molecule has 8 heteroatoms. The fourth-order valence-corrected chi connectivity index (χ4v) is 3.49. The van der Waals surface area contributed by atoms with Gasteiger partial charge in [0.05, 0.1) is 18.1 Å². The van der Waals surface area contributed by atoms with Crippen molar-refractivity contribution >= 4 is 5.69 Å². The van der Waals surface area contributed by atoms with Gasteiger partial charge in [-0.3, -0.25) is 10.1 Å². The van der Waals surface area contributed by atoms with Crippen molar-refractivity contribution in [1.29, 1.82) is 0 Å². The number of non-ortho nitro benzene ring substituents is 1. The van der Waals surface area contributed by atoms with Gasteiger partial charge in [0.25, 0.3) is 11.6 Å². The van der Waals surface area contributed by atoms with Crippen LogP contribution in [0.1, 0.15) is 37.3 Å². The fourth-order valence-electron chi connectivity index (χ4n) is 3.49. The number of hydrogen-bond acceptors (Lipinski definition) is 6. The minimum absolute atomic E-state index is 0.0331. The van der Waals surface area contributed by atoms with Gasteiger partial charge in [0.2, 0.25) is 5.89 Å². The summed E-state index contributed by atoms with van der Waals surface area (Å²) in [6.45, 7) is 2.97. The molecule has 0 saturated heterocycles. The lowest BCUT2D eigenvalue weighted by Gasteiger charge is -2.23. The zero-order valence-electron chi connectivity index (χ0n) is 16.4. The van der Waals surface area contributed by atoms with Gasteiger partial charge in [0.1, 0.15) is 12.3 Å². The van der Waals surface area contributed by atoms with Gasteiger partial charge in [-0.1, -0.05) is 0 Å². The molecule has 2 atom stereocenters. The Morgan fingerprint density at radius 3 is 2.45 bits per heavy atom. The van der Waals surface area contributed by atoms with E-state index in [-0.39, 0.29) is 11.7 Å². The maximum atomic E-state index is 10.8. The number of nitrogens with zero attached hydrogens (tertiary/aromatic N) is 3. The van der Waals surface area contributed by atoms with E-state index in [1.165, 1.54) is 35.4 Å². The summed E-state index contributed by atoms with van der Waals surface area (Å²) in [6.07, 6.45) is 2.39. The summed E-state index contributed by atoms with van der Waals surface area (Å²) in [5, 5.41) is 19.2. The van der Waals surface area contributed by atoms with Crippen LogP contribution in [0.4, 0.5) is 5.69 Å². The van der Waals surface area contributed by atoms with Gasteiger partial charge in [0, 0.05) is 36.1 Å². The van der Waals surface area contributed by atoms with E-state index >= 15 is 0 Å². The summed E-state index contributed by atoms with van der Waals surface area (Å²) in [5.41, 5.74) is 1.94. The van der Waals surface area contributed by atoms with Gasteiger partial charge >= 0.3 is 0 Å². The highest BCUT2D eigenvalue weighted by molar-refractivity contribution is 5.55. The fraction of sp³-hybridized carbons (Fsp3) is 0.333. The van der Waals surface area contributed by atoms with Crippen molar-refractivity contribution in [2.45, 2.75) is 38.4 Å². The molecule has 1 heterocycles. The van der Waals surface area contributed by atoms with Crippen LogP contribution in [-0.2, 0) is 6.54 Å². The quantitative estimate of drug-likeness (QED) is 0.465. The number of methoxy groups -OCH3 is 1. The molecule has 3 aromatic rings. The van der Waals surface area contributed by atoms with E-state index in [2.05, 4.69) is 29.3 Å². The molecule has 150 valence electrons. The molecule has 1 aliphatic rings. The third-order valence-electron chi connectivity index (χ3n) is 5.36. The molecule has 1 unspecified atom stereocenters. The number of quaternary nitrogens is 1. The summed E-state index contributed by atoms with van der Waals surface area (Å²) in [5.74, 6) is 1.80. The smallest absolute Gasteiger partial charge is 0.274 e. The monoisotopic (exact) mass is 395 g/mol. The Labute approximate surface area is 168 Å². The van der Waals surface area contributed by atoms with Crippen molar-refractivity contribution in [2.75, 3.05) is 7.11 Å². The van der Waals surface area contributed by atoms with Crippen LogP contribution in [0.2, 0.25) is 0 Å². The molecule has 0 radical (unpaired) electrons. The van der Waals surface area contributed by atoms with Crippen molar-refractivity contribution < 1.29 is 19.0 Å². The molecule has 0 amide bonds. The number of aromatic nitrogens is 2. The Bertz CT molecular complexity index is 981. The second-order valence-corrected chi connectivity index (χ2v) is 7.35. The molecule has 1 fully saturated rings. The van der Waals surface area contributed by atoms with E-state index in [0.717, 1.165) is 12.3 Å². The number of benzene rings is 2. The lowest BCUT2D eigenvalue weighted by molar-refractivity contribution is -0.955. The molecule has 4 rings (SSSR count). The Morgan fingerprint density at radius 2 is 1.86 bits per heavy atom. The summed E-state index contributed by atoms with van der Waals surface area (Å²) < 4.78 is 11.2. The zero-order valence-corrected chi connectivity index (χ0v) is 16.4. The maximum Gasteiger partial charge on any atom is 0.274 e. The standard InChI is InChI=1S/C21H22N4O4/c1-14(24(17-9-10-17)13-15-3-11-19(28-2)12-4-15)20-22-23-21(29-20)16-5-7-18(8-6-16)25(26)27/h3-8,11-12,14,17H,9-10,13H2,1-2H3/p+1/t14-/m0/s1. The van der Waals surface area contributed by atoms with E-state index in [4.69, 9.17) is 9.15 Å². The Balaban J connectivity index is 1.51. The first-order valence-electron chi connectivity index (χ1n) is 9.62. The number of hydrogen-bond donors (Lipinski definition) is 1. The highest BCUT2D eigenvalue weighted by atomic mass is 16.6. The van der Waals surface area contributed by atoms with Gasteiger partial charge in [-0.25, -0.2) is 0 Å². The predicted octanol–water partition coefficient (Wildman–Crippen LogP) is 2.96. The summed E-state index contributed by atoms with van der Waals surface area (Å²) in [4.78, 5) is 11.8. The molecule has 0 aliphatic heterocycles. The van der Waals surface area contributed by atoms with Crippen LogP contribution in [0.15, 0.2) is 52.9 Å². The number of rotatable bonds is 8. The molecule has 1 saturated carbocycles. The Kier molecular flexibility index (Phi) is 5.26. The molecule has 1 N–H and O–H groups in total. The van der Waals surface area contributed by atoms with Gasteiger partial charge in [-0.05, 0) is 43.3 Å². The van der Waals surface area contributed by atoms with Gasteiger partial charge < -0.3 is 14.1 Å². The normalized spacial score (nSPS) is 15.7. The Morgan fingerprint density at radius 1 is 1.17 bits per heavy atom. The highest BCUT2D eigenvalue weighted by Crippen LogP contribution is 2.24. The first-order valence-corrected chi connectivity index (χ1v) is 9.62. The first kappa shape index (κ1) is 19.1. The average molecular weight is 395 g/mol. The van der Waals surface area contributed by atoms with Crippen LogP contribution in [0.3, 0.4) is 0 Å². The molecular formula is C21H23N4O4+. The lowest BCUT2D eigenvalue weighted by atomic mass is 10.1. The topological polar surface area (TPSA) is 95.7 Å². The molecule has 0 spiro atoms. The summed E-state index contributed by atoms with van der Waals surface area (Å²) in [7, 11) is 1.66. The van der Waals surface area contributed by atoms with Crippen LogP contribution < -0.4 is 9.64 Å². The van der Waals surface area contributed by atoms with E-state index in [9.17, 15) is 10.1 Å². The lowest BCUT2D eigenvalue weighted by Crippen LogP contribution is -3.12. The largest absolute Gasteiger partial charge is 0.497 e. The third kappa shape index (κ3) is 4.27. The van der Waals surface area contributed by atoms with E-state index in [1.54, 1.807) is 19.2 Å². The van der Waals surface area contributed by atoms with Crippen molar-refractivity contribution in [1.82, 2.24) is 10.2 Å². The van der Waals surface area contributed by atoms with Crippen LogP contribution in [0.25, 0.3) is 11.5 Å². The minimum Gasteiger partial charge on any atom is -0.497 e. The minimum atomic E-state index is -0.429. The van der Waals surface area contributed by atoms with Gasteiger partial charge in [-0.15, -0.1) is 10.2 Å². The number of ether oxygens (including phenoxy) is 1. The van der Waals surface area contributed by atoms with E-state index in [1.807, 2.05) is 12.1 Å². The second-order valence-electron chi connectivity index (χ2n) is 7.35. The SMILES string of the molecule is COc1ccc(C[NH+](C2CC2)[C@@H](C)c2nnc(-c3ccc([N+](=O)[O-])cc3)o2)cc1. The molecule has 2 aromatic carbocycles. The molecule has 29 heavy (non-hydrogen) atoms. The predicted molar refractivity (Wildman–Crippen MR) is 105 cm³/mol. The zero-order chi connectivity index (χ0) is 20.4. The van der Waals surface area contributed by atoms with Gasteiger partial charge in [0.15, 0.2) is 6.04 Å². The van der Waals surface area contributed by atoms with Crippen LogP contribution >= 0.6 is 0 Å². The molecule has 1 aromatic heterocycles. The number of nitrogens with one attached hydrogen (secondary N) is 1. The van der Waals surface area contributed by atoms with E-state index < -0.39 is 4.92 Å². The van der Waals surface area contributed by atoms with Gasteiger partial charge in [-0.2, -0.15) is 0 Å². The molecule has 8 nitrogen and oxygen atoms in total. The van der Waals surface area contributed by atoms with Crippen molar-refractivity contribution in [3.8, 4) is 17.2 Å². The molecule has 1 aliphatic carbocycles. The third-order valence-corrected chi connectivity index (χ3v) is 5.36. The summed E-state index contributed by atoms with van der Waals surface area (Å²) in [6, 6.07) is 14.9. The Hall–Kier alpha value is -3.26. The first-order chi connectivity index (χ1) is 14.0. The molecular weight excluding hydrogens is 372 g/mol. The van der Waals surface area contributed by atoms with Crippen molar-refractivity contribution in [3.05, 3.63) is 70.1 Å². The highest BCUT2D eigenvalue weighted by Gasteiger charge is 2.39. The van der Waals surface area contributed by atoms with Crippen LogP contribution in [0, 0.1) is 10.1 Å². The molecule has 0 bridgehead atoms. The van der Waals surface area contributed by atoms with Crippen LogP contribution in [-0.4, -0.2) is 28.3 Å². The summed E-state index contributed by atoms with van der Waals surface area (Å²) >= 11 is 0. The van der Waals surface area contributed by atoms with Crippen molar-refractivity contribution in [3.63, 3.8) is 0 Å². The van der Waals surface area contributed by atoms with E-state index in [0.29, 0.717) is 23.4 Å². The second kappa shape index (κ2) is 8.00. The van der Waals surface area contributed by atoms with Crippen molar-refractivity contribution in [2.24, 2.45) is 0 Å². The average Bonchev–Trinajstić information content (AvgIpc) is 3.47. The number of nitro benzene ring substituents is 1. The number of nitro groups is 1.